The van der Waals surface area contributed by atoms with E-state index in [-0.39, 0.29) is 0 Å². The van der Waals surface area contributed by atoms with Crippen LogP contribution in [0.3, 0.4) is 0 Å². The molecule has 1 aromatic rings. The van der Waals surface area contributed by atoms with Gasteiger partial charge in [-0.3, -0.25) is 0 Å². The van der Waals surface area contributed by atoms with Crippen molar-refractivity contribution in [1.29, 1.82) is 0 Å². The SMILES string of the molecule is CC.CCCC(C)c1ccc(CC)cc1. The van der Waals surface area contributed by atoms with Crippen LogP contribution >= 0.6 is 0 Å². The van der Waals surface area contributed by atoms with Crippen molar-refractivity contribution in [2.45, 2.75) is 59.8 Å². The van der Waals surface area contributed by atoms with E-state index in [0.29, 0.717) is 0 Å². The lowest BCUT2D eigenvalue weighted by Gasteiger charge is -2.10. The molecule has 0 amide bonds. The third-order valence-corrected chi connectivity index (χ3v) is 2.68. The average molecular weight is 206 g/mol. The summed E-state index contributed by atoms with van der Waals surface area (Å²) in [5, 5.41) is 0. The highest BCUT2D eigenvalue weighted by atomic mass is 14.1. The summed E-state index contributed by atoms with van der Waals surface area (Å²) < 4.78 is 0. The molecule has 0 aliphatic rings. The largest absolute Gasteiger partial charge is 0.0683 e. The van der Waals surface area contributed by atoms with E-state index in [2.05, 4.69) is 45.0 Å². The lowest BCUT2D eigenvalue weighted by Crippen LogP contribution is -1.92. The molecular weight excluding hydrogens is 180 g/mol. The monoisotopic (exact) mass is 206 g/mol. The second-order valence-corrected chi connectivity index (χ2v) is 3.78. The summed E-state index contributed by atoms with van der Waals surface area (Å²) in [7, 11) is 0. The van der Waals surface area contributed by atoms with Crippen molar-refractivity contribution < 1.29 is 0 Å². The van der Waals surface area contributed by atoms with E-state index in [1.165, 1.54) is 24.0 Å². The highest BCUT2D eigenvalue weighted by Crippen LogP contribution is 2.20. The quantitative estimate of drug-likeness (QED) is 0.637. The van der Waals surface area contributed by atoms with Gasteiger partial charge in [-0.05, 0) is 29.9 Å². The first kappa shape index (κ1) is 14.2. The minimum atomic E-state index is 0.718. The number of rotatable bonds is 4. The maximum absolute atomic E-state index is 2.31. The Labute approximate surface area is 95.7 Å². The number of hydrogen-bond donors (Lipinski definition) is 0. The molecule has 1 aromatic carbocycles. The van der Waals surface area contributed by atoms with Crippen LogP contribution in [0.15, 0.2) is 24.3 Å². The Balaban J connectivity index is 0.000000921. The maximum Gasteiger partial charge on any atom is -0.0190 e. The van der Waals surface area contributed by atoms with Gasteiger partial charge in [-0.1, -0.05) is 65.3 Å². The number of aryl methyl sites for hydroxylation is 1. The Morgan fingerprint density at radius 2 is 1.53 bits per heavy atom. The summed E-state index contributed by atoms with van der Waals surface area (Å²) in [6, 6.07) is 9.06. The smallest absolute Gasteiger partial charge is 0.0190 e. The first-order valence-corrected chi connectivity index (χ1v) is 6.36. The molecule has 86 valence electrons. The van der Waals surface area contributed by atoms with Crippen LogP contribution in [-0.4, -0.2) is 0 Å². The minimum Gasteiger partial charge on any atom is -0.0683 e. The zero-order valence-corrected chi connectivity index (χ0v) is 11.0. The Hall–Kier alpha value is -0.780. The minimum absolute atomic E-state index is 0.718. The molecule has 0 heteroatoms. The molecule has 0 fully saturated rings. The van der Waals surface area contributed by atoms with Crippen LogP contribution in [-0.2, 0) is 6.42 Å². The highest BCUT2D eigenvalue weighted by molar-refractivity contribution is 5.24. The van der Waals surface area contributed by atoms with Gasteiger partial charge in [0.1, 0.15) is 0 Å². The second kappa shape index (κ2) is 8.52. The molecular formula is C15H26. The molecule has 0 heterocycles. The Morgan fingerprint density at radius 3 is 1.93 bits per heavy atom. The summed E-state index contributed by atoms with van der Waals surface area (Å²) in [5.74, 6) is 0.718. The third kappa shape index (κ3) is 5.01. The van der Waals surface area contributed by atoms with E-state index < -0.39 is 0 Å². The Morgan fingerprint density at radius 1 is 1.00 bits per heavy atom. The van der Waals surface area contributed by atoms with Gasteiger partial charge in [0.2, 0.25) is 0 Å². The fourth-order valence-corrected chi connectivity index (χ4v) is 1.68. The van der Waals surface area contributed by atoms with Crippen molar-refractivity contribution in [2.24, 2.45) is 0 Å². The van der Waals surface area contributed by atoms with Crippen molar-refractivity contribution in [3.05, 3.63) is 35.4 Å². The topological polar surface area (TPSA) is 0 Å². The molecule has 0 saturated heterocycles. The predicted octanol–water partition coefficient (Wildman–Crippen LogP) is 5.18. The second-order valence-electron chi connectivity index (χ2n) is 3.78. The van der Waals surface area contributed by atoms with Gasteiger partial charge in [0, 0.05) is 0 Å². The van der Waals surface area contributed by atoms with Crippen LogP contribution in [0, 0.1) is 0 Å². The summed E-state index contributed by atoms with van der Waals surface area (Å²) in [6.07, 6.45) is 3.71. The molecule has 0 N–H and O–H groups in total. The van der Waals surface area contributed by atoms with Gasteiger partial charge in [-0.25, -0.2) is 0 Å². The van der Waals surface area contributed by atoms with Crippen molar-refractivity contribution in [3.8, 4) is 0 Å². The zero-order valence-electron chi connectivity index (χ0n) is 11.0. The highest BCUT2D eigenvalue weighted by Gasteiger charge is 2.02. The summed E-state index contributed by atoms with van der Waals surface area (Å²) in [6.45, 7) is 10.8. The lowest BCUT2D eigenvalue weighted by molar-refractivity contribution is 0.664. The number of benzene rings is 1. The summed E-state index contributed by atoms with van der Waals surface area (Å²) >= 11 is 0. The van der Waals surface area contributed by atoms with Gasteiger partial charge in [-0.2, -0.15) is 0 Å². The molecule has 0 nitrogen and oxygen atoms in total. The van der Waals surface area contributed by atoms with Crippen molar-refractivity contribution in [3.63, 3.8) is 0 Å². The zero-order chi connectivity index (χ0) is 11.7. The van der Waals surface area contributed by atoms with E-state index in [9.17, 15) is 0 Å². The van der Waals surface area contributed by atoms with Crippen LogP contribution in [0.2, 0.25) is 0 Å². The molecule has 0 spiro atoms. The van der Waals surface area contributed by atoms with Crippen molar-refractivity contribution >= 4 is 0 Å². The van der Waals surface area contributed by atoms with Crippen LogP contribution in [0.1, 0.15) is 64.5 Å². The molecule has 0 aromatic heterocycles. The molecule has 1 rings (SSSR count). The fraction of sp³-hybridized carbons (Fsp3) is 0.600. The third-order valence-electron chi connectivity index (χ3n) is 2.68. The fourth-order valence-electron chi connectivity index (χ4n) is 1.68. The molecule has 15 heavy (non-hydrogen) atoms. The van der Waals surface area contributed by atoms with Crippen LogP contribution < -0.4 is 0 Å². The summed E-state index contributed by atoms with van der Waals surface area (Å²) in [4.78, 5) is 0. The molecule has 0 radical (unpaired) electrons. The standard InChI is InChI=1S/C13H20.C2H6/c1-4-6-11(3)13-9-7-12(5-2)8-10-13;1-2/h7-11H,4-6H2,1-3H3;1-2H3. The molecule has 0 aliphatic heterocycles. The van der Waals surface area contributed by atoms with E-state index in [1.54, 1.807) is 0 Å². The van der Waals surface area contributed by atoms with Gasteiger partial charge in [0.05, 0.1) is 0 Å². The van der Waals surface area contributed by atoms with Crippen molar-refractivity contribution in [2.75, 3.05) is 0 Å². The molecule has 0 bridgehead atoms. The van der Waals surface area contributed by atoms with Gasteiger partial charge in [0.15, 0.2) is 0 Å². The van der Waals surface area contributed by atoms with Crippen LogP contribution in [0.5, 0.6) is 0 Å². The number of hydrogen-bond acceptors (Lipinski definition) is 0. The molecule has 1 atom stereocenters. The van der Waals surface area contributed by atoms with Crippen molar-refractivity contribution in [1.82, 2.24) is 0 Å². The average Bonchev–Trinajstić information content (AvgIpc) is 2.32. The van der Waals surface area contributed by atoms with Gasteiger partial charge >= 0.3 is 0 Å². The van der Waals surface area contributed by atoms with E-state index in [4.69, 9.17) is 0 Å². The van der Waals surface area contributed by atoms with Gasteiger partial charge < -0.3 is 0 Å². The van der Waals surface area contributed by atoms with Gasteiger partial charge in [0.25, 0.3) is 0 Å². The molecule has 1 unspecified atom stereocenters. The molecule has 0 aliphatic carbocycles. The van der Waals surface area contributed by atoms with Crippen LogP contribution in [0.4, 0.5) is 0 Å². The molecule has 0 saturated carbocycles. The first-order chi connectivity index (χ1) is 7.27. The van der Waals surface area contributed by atoms with Gasteiger partial charge in [-0.15, -0.1) is 0 Å². The Bertz CT molecular complexity index is 233. The normalized spacial score (nSPS) is 11.5. The lowest BCUT2D eigenvalue weighted by atomic mass is 9.95. The van der Waals surface area contributed by atoms with E-state index in [0.717, 1.165) is 12.3 Å². The van der Waals surface area contributed by atoms with Crippen LogP contribution in [0.25, 0.3) is 0 Å². The summed E-state index contributed by atoms with van der Waals surface area (Å²) in [5.41, 5.74) is 2.92. The Kier molecular flexibility index (Phi) is 8.08. The van der Waals surface area contributed by atoms with E-state index in [1.807, 2.05) is 13.8 Å². The predicted molar refractivity (Wildman–Crippen MR) is 70.5 cm³/mol. The van der Waals surface area contributed by atoms with E-state index >= 15 is 0 Å². The first-order valence-electron chi connectivity index (χ1n) is 6.36. The maximum atomic E-state index is 2.31.